The van der Waals surface area contributed by atoms with E-state index >= 15 is 0 Å². The van der Waals surface area contributed by atoms with Gasteiger partial charge in [0.2, 0.25) is 10.0 Å². The number of aliphatic hydroxyl groups is 1. The Morgan fingerprint density at radius 2 is 2.10 bits per heavy atom. The molecular weight excluding hydrogens is 276 g/mol. The molecule has 1 aromatic carbocycles. The molecule has 1 atom stereocenters. The number of nitrogens with zero attached hydrogens (tertiary/aromatic N) is 1. The third-order valence-electron chi connectivity index (χ3n) is 3.08. The number of hydrogen-bond acceptors (Lipinski definition) is 4. The van der Waals surface area contributed by atoms with Gasteiger partial charge in [0.05, 0.1) is 16.5 Å². The van der Waals surface area contributed by atoms with Crippen LogP contribution in [0.5, 0.6) is 0 Å². The lowest BCUT2D eigenvalue weighted by Gasteiger charge is -2.11. The molecule has 108 valence electrons. The summed E-state index contributed by atoms with van der Waals surface area (Å²) in [5.74, 6) is 0. The predicted molar refractivity (Wildman–Crippen MR) is 78.0 cm³/mol. The Morgan fingerprint density at radius 1 is 1.35 bits per heavy atom. The minimum atomic E-state index is -3.60. The summed E-state index contributed by atoms with van der Waals surface area (Å²) in [6.07, 6.45) is 1.49. The lowest BCUT2D eigenvalue weighted by Crippen LogP contribution is -2.27. The average molecular weight is 294 g/mol. The average Bonchev–Trinajstić information content (AvgIpc) is 2.38. The van der Waals surface area contributed by atoms with Crippen LogP contribution in [-0.4, -0.2) is 31.2 Å². The SMILES string of the molecule is Cc1ccc(S(=O)(=O)NCCC(C)O)c2cccnc12. The van der Waals surface area contributed by atoms with Crippen molar-refractivity contribution in [2.45, 2.75) is 31.3 Å². The Bertz CT molecular complexity index is 711. The van der Waals surface area contributed by atoms with Crippen LogP contribution in [0.25, 0.3) is 10.9 Å². The third kappa shape index (κ3) is 3.15. The van der Waals surface area contributed by atoms with Crippen molar-refractivity contribution in [3.63, 3.8) is 0 Å². The molecule has 20 heavy (non-hydrogen) atoms. The molecule has 0 bridgehead atoms. The summed E-state index contributed by atoms with van der Waals surface area (Å²) in [4.78, 5) is 4.45. The summed E-state index contributed by atoms with van der Waals surface area (Å²) >= 11 is 0. The maximum Gasteiger partial charge on any atom is 0.241 e. The van der Waals surface area contributed by atoms with E-state index in [0.717, 1.165) is 5.56 Å². The summed E-state index contributed by atoms with van der Waals surface area (Å²) < 4.78 is 27.1. The number of pyridine rings is 1. The highest BCUT2D eigenvalue weighted by Gasteiger charge is 2.18. The zero-order valence-electron chi connectivity index (χ0n) is 11.5. The second kappa shape index (κ2) is 5.87. The van der Waals surface area contributed by atoms with E-state index in [4.69, 9.17) is 0 Å². The van der Waals surface area contributed by atoms with Crippen molar-refractivity contribution >= 4 is 20.9 Å². The summed E-state index contributed by atoms with van der Waals surface area (Å²) in [7, 11) is -3.60. The van der Waals surface area contributed by atoms with Gasteiger partial charge in [-0.1, -0.05) is 6.07 Å². The predicted octanol–water partition coefficient (Wildman–Crippen LogP) is 1.59. The van der Waals surface area contributed by atoms with Crippen molar-refractivity contribution in [1.29, 1.82) is 0 Å². The largest absolute Gasteiger partial charge is 0.393 e. The molecule has 2 N–H and O–H groups in total. The first kappa shape index (κ1) is 14.9. The molecular formula is C14H18N2O3S. The lowest BCUT2D eigenvalue weighted by molar-refractivity contribution is 0.186. The molecule has 1 aromatic heterocycles. The molecule has 0 saturated carbocycles. The van der Waals surface area contributed by atoms with E-state index in [1.807, 2.05) is 6.92 Å². The van der Waals surface area contributed by atoms with E-state index in [-0.39, 0.29) is 11.4 Å². The Kier molecular flexibility index (Phi) is 4.37. The van der Waals surface area contributed by atoms with Crippen LogP contribution >= 0.6 is 0 Å². The van der Waals surface area contributed by atoms with E-state index in [1.54, 1.807) is 37.4 Å². The number of sulfonamides is 1. The second-order valence-electron chi connectivity index (χ2n) is 4.82. The molecule has 2 aromatic rings. The fourth-order valence-electron chi connectivity index (χ4n) is 2.00. The Labute approximate surface area is 118 Å². The molecule has 0 fully saturated rings. The maximum absolute atomic E-state index is 12.3. The molecule has 0 radical (unpaired) electrons. The standard InChI is InChI=1S/C14H18N2O3S/c1-10-5-6-13(12-4-3-8-15-14(10)12)20(18,19)16-9-7-11(2)17/h3-6,8,11,16-17H,7,9H2,1-2H3. The number of rotatable bonds is 5. The third-order valence-corrected chi connectivity index (χ3v) is 4.59. The van der Waals surface area contributed by atoms with E-state index in [2.05, 4.69) is 9.71 Å². The molecule has 6 heteroatoms. The van der Waals surface area contributed by atoms with Crippen LogP contribution in [0.3, 0.4) is 0 Å². The van der Waals surface area contributed by atoms with Crippen LogP contribution in [0.2, 0.25) is 0 Å². The molecule has 2 rings (SSSR count). The van der Waals surface area contributed by atoms with Crippen LogP contribution in [0.1, 0.15) is 18.9 Å². The number of hydrogen-bond donors (Lipinski definition) is 2. The van der Waals surface area contributed by atoms with Gasteiger partial charge < -0.3 is 5.11 Å². The van der Waals surface area contributed by atoms with Crippen molar-refractivity contribution in [2.24, 2.45) is 0 Å². The molecule has 5 nitrogen and oxygen atoms in total. The Morgan fingerprint density at radius 3 is 2.80 bits per heavy atom. The number of aliphatic hydroxyl groups excluding tert-OH is 1. The van der Waals surface area contributed by atoms with Crippen LogP contribution in [0.15, 0.2) is 35.4 Å². The number of fused-ring (bicyclic) bond motifs is 1. The van der Waals surface area contributed by atoms with Crippen LogP contribution in [0, 0.1) is 6.92 Å². The monoisotopic (exact) mass is 294 g/mol. The zero-order valence-corrected chi connectivity index (χ0v) is 12.3. The number of benzene rings is 1. The quantitative estimate of drug-likeness (QED) is 0.877. The molecule has 0 aliphatic carbocycles. The molecule has 0 aliphatic heterocycles. The molecule has 1 unspecified atom stereocenters. The van der Waals surface area contributed by atoms with Crippen molar-refractivity contribution in [2.75, 3.05) is 6.54 Å². The highest BCUT2D eigenvalue weighted by molar-refractivity contribution is 7.89. The van der Waals surface area contributed by atoms with Crippen molar-refractivity contribution < 1.29 is 13.5 Å². The van der Waals surface area contributed by atoms with Gasteiger partial charge in [-0.15, -0.1) is 0 Å². The smallest absolute Gasteiger partial charge is 0.241 e. The zero-order chi connectivity index (χ0) is 14.8. The van der Waals surface area contributed by atoms with Gasteiger partial charge in [-0.25, -0.2) is 13.1 Å². The van der Waals surface area contributed by atoms with E-state index < -0.39 is 16.1 Å². The van der Waals surface area contributed by atoms with Crippen molar-refractivity contribution in [1.82, 2.24) is 9.71 Å². The molecule has 0 amide bonds. The first-order chi connectivity index (χ1) is 9.42. The van der Waals surface area contributed by atoms with Gasteiger partial charge in [0.1, 0.15) is 0 Å². The first-order valence-corrected chi connectivity index (χ1v) is 7.92. The van der Waals surface area contributed by atoms with E-state index in [1.165, 1.54) is 0 Å². The fraction of sp³-hybridized carbons (Fsp3) is 0.357. The minimum Gasteiger partial charge on any atom is -0.393 e. The van der Waals surface area contributed by atoms with Gasteiger partial charge in [0.25, 0.3) is 0 Å². The van der Waals surface area contributed by atoms with Crippen LogP contribution in [-0.2, 0) is 10.0 Å². The number of aryl methyl sites for hydroxylation is 1. The van der Waals surface area contributed by atoms with Gasteiger partial charge in [-0.05, 0) is 44.0 Å². The molecule has 1 heterocycles. The summed E-state index contributed by atoms with van der Waals surface area (Å²) in [5.41, 5.74) is 1.62. The fourth-order valence-corrected chi connectivity index (χ4v) is 3.25. The van der Waals surface area contributed by atoms with Gasteiger partial charge in [0.15, 0.2) is 0 Å². The maximum atomic E-state index is 12.3. The normalized spacial score (nSPS) is 13.6. The van der Waals surface area contributed by atoms with E-state index in [0.29, 0.717) is 17.3 Å². The van der Waals surface area contributed by atoms with Gasteiger partial charge in [0, 0.05) is 18.1 Å². The highest BCUT2D eigenvalue weighted by Crippen LogP contribution is 2.23. The molecule has 0 spiro atoms. The summed E-state index contributed by atoms with van der Waals surface area (Å²) in [5, 5.41) is 9.79. The van der Waals surface area contributed by atoms with Gasteiger partial charge >= 0.3 is 0 Å². The topological polar surface area (TPSA) is 79.3 Å². The van der Waals surface area contributed by atoms with Crippen LogP contribution in [0.4, 0.5) is 0 Å². The Hall–Kier alpha value is -1.50. The summed E-state index contributed by atoms with van der Waals surface area (Å²) in [6, 6.07) is 6.80. The first-order valence-electron chi connectivity index (χ1n) is 6.44. The number of aromatic nitrogens is 1. The van der Waals surface area contributed by atoms with Crippen molar-refractivity contribution in [3.05, 3.63) is 36.0 Å². The summed E-state index contributed by atoms with van der Waals surface area (Å²) in [6.45, 7) is 3.72. The van der Waals surface area contributed by atoms with Gasteiger partial charge in [-0.3, -0.25) is 4.98 Å². The molecule has 0 aliphatic rings. The van der Waals surface area contributed by atoms with Crippen molar-refractivity contribution in [3.8, 4) is 0 Å². The van der Waals surface area contributed by atoms with E-state index in [9.17, 15) is 13.5 Å². The Balaban J connectivity index is 2.40. The highest BCUT2D eigenvalue weighted by atomic mass is 32.2. The lowest BCUT2D eigenvalue weighted by atomic mass is 10.1. The molecule has 0 saturated heterocycles. The number of nitrogens with one attached hydrogen (secondary N) is 1. The van der Waals surface area contributed by atoms with Crippen LogP contribution < -0.4 is 4.72 Å². The minimum absolute atomic E-state index is 0.204. The second-order valence-corrected chi connectivity index (χ2v) is 6.55. The van der Waals surface area contributed by atoms with Gasteiger partial charge in [-0.2, -0.15) is 0 Å².